The van der Waals surface area contributed by atoms with Crippen molar-refractivity contribution in [2.45, 2.75) is 39.2 Å². The second kappa shape index (κ2) is 3.54. The molecule has 2 N–H and O–H groups in total. The Morgan fingerprint density at radius 3 is 2.79 bits per heavy atom. The molecular formula is C11H20N2O. The summed E-state index contributed by atoms with van der Waals surface area (Å²) in [6, 6.07) is 0.515. The summed E-state index contributed by atoms with van der Waals surface area (Å²) in [6.07, 6.45) is 3.50. The molecular weight excluding hydrogens is 176 g/mol. The molecule has 0 aromatic carbocycles. The van der Waals surface area contributed by atoms with E-state index in [4.69, 9.17) is 0 Å². The van der Waals surface area contributed by atoms with Crippen LogP contribution in [0, 0.1) is 11.3 Å². The van der Waals surface area contributed by atoms with Gasteiger partial charge < -0.3 is 10.6 Å². The summed E-state index contributed by atoms with van der Waals surface area (Å²) in [5.74, 6) is 0.521. The van der Waals surface area contributed by atoms with Crippen LogP contribution < -0.4 is 10.6 Å². The van der Waals surface area contributed by atoms with E-state index in [0.29, 0.717) is 6.04 Å². The van der Waals surface area contributed by atoms with Gasteiger partial charge in [0.1, 0.15) is 0 Å². The predicted molar refractivity (Wildman–Crippen MR) is 55.9 cm³/mol. The van der Waals surface area contributed by atoms with Crippen LogP contribution in [0.25, 0.3) is 0 Å². The van der Waals surface area contributed by atoms with Crippen molar-refractivity contribution in [1.82, 2.24) is 10.6 Å². The number of hydrogen-bond acceptors (Lipinski definition) is 2. The predicted octanol–water partition coefficient (Wildman–Crippen LogP) is 0.901. The molecule has 1 heterocycles. The van der Waals surface area contributed by atoms with Crippen LogP contribution in [-0.4, -0.2) is 25.0 Å². The summed E-state index contributed by atoms with van der Waals surface area (Å²) >= 11 is 0. The average molecular weight is 196 g/mol. The van der Waals surface area contributed by atoms with Crippen molar-refractivity contribution in [3.05, 3.63) is 0 Å². The Morgan fingerprint density at radius 1 is 1.57 bits per heavy atom. The third kappa shape index (κ3) is 2.08. The molecule has 2 aliphatic rings. The van der Waals surface area contributed by atoms with Gasteiger partial charge in [-0.25, -0.2) is 0 Å². The van der Waals surface area contributed by atoms with E-state index < -0.39 is 0 Å². The maximum Gasteiger partial charge on any atom is 0.223 e. The maximum atomic E-state index is 11.6. The highest BCUT2D eigenvalue weighted by atomic mass is 16.2. The zero-order chi connectivity index (χ0) is 10.2. The van der Waals surface area contributed by atoms with Crippen LogP contribution in [0.2, 0.25) is 0 Å². The van der Waals surface area contributed by atoms with E-state index in [1.807, 2.05) is 0 Å². The van der Waals surface area contributed by atoms with Crippen LogP contribution in [0.4, 0.5) is 0 Å². The second-order valence-corrected chi connectivity index (χ2v) is 5.28. The third-order valence-electron chi connectivity index (χ3n) is 3.51. The average Bonchev–Trinajstić information content (AvgIpc) is 2.61. The normalized spacial score (nSPS) is 34.1. The number of rotatable bonds is 3. The maximum absolute atomic E-state index is 11.6. The van der Waals surface area contributed by atoms with Gasteiger partial charge in [0.25, 0.3) is 0 Å². The van der Waals surface area contributed by atoms with Crippen molar-refractivity contribution >= 4 is 5.91 Å². The molecule has 14 heavy (non-hydrogen) atoms. The Balaban J connectivity index is 1.68. The van der Waals surface area contributed by atoms with Gasteiger partial charge in [0.15, 0.2) is 0 Å². The van der Waals surface area contributed by atoms with Crippen molar-refractivity contribution in [2.75, 3.05) is 13.1 Å². The van der Waals surface area contributed by atoms with E-state index in [1.165, 1.54) is 12.8 Å². The molecule has 0 radical (unpaired) electrons. The van der Waals surface area contributed by atoms with Gasteiger partial charge in [-0.3, -0.25) is 4.79 Å². The lowest BCUT2D eigenvalue weighted by atomic mass is 10.1. The zero-order valence-corrected chi connectivity index (χ0v) is 9.10. The van der Waals surface area contributed by atoms with Crippen LogP contribution in [0.5, 0.6) is 0 Å². The van der Waals surface area contributed by atoms with Crippen LogP contribution in [0.1, 0.15) is 33.1 Å². The molecule has 2 unspecified atom stereocenters. The van der Waals surface area contributed by atoms with Gasteiger partial charge in [-0.1, -0.05) is 13.8 Å². The number of nitrogens with one attached hydrogen (secondary N) is 2. The van der Waals surface area contributed by atoms with Gasteiger partial charge in [0.2, 0.25) is 5.91 Å². The first-order chi connectivity index (χ1) is 6.59. The largest absolute Gasteiger partial charge is 0.354 e. The number of hydrogen-bond donors (Lipinski definition) is 2. The van der Waals surface area contributed by atoms with E-state index >= 15 is 0 Å². The van der Waals surface area contributed by atoms with Gasteiger partial charge in [0.05, 0.1) is 0 Å². The fourth-order valence-electron chi connectivity index (χ4n) is 2.19. The summed E-state index contributed by atoms with van der Waals surface area (Å²) in [5.41, 5.74) is 0.257. The molecule has 2 fully saturated rings. The Labute approximate surface area is 85.6 Å². The molecule has 1 saturated heterocycles. The molecule has 3 heteroatoms. The molecule has 0 spiro atoms. The van der Waals surface area contributed by atoms with Gasteiger partial charge >= 0.3 is 0 Å². The molecule has 1 amide bonds. The van der Waals surface area contributed by atoms with Crippen LogP contribution in [0.15, 0.2) is 0 Å². The Bertz CT molecular complexity index is 231. The SMILES string of the molecule is CC1(C)CC1C(=O)NCC1CCCN1. The van der Waals surface area contributed by atoms with Crippen molar-refractivity contribution in [3.8, 4) is 0 Å². The summed E-state index contributed by atoms with van der Waals surface area (Å²) < 4.78 is 0. The second-order valence-electron chi connectivity index (χ2n) is 5.28. The zero-order valence-electron chi connectivity index (χ0n) is 9.10. The summed E-state index contributed by atoms with van der Waals surface area (Å²) in [4.78, 5) is 11.6. The first kappa shape index (κ1) is 9.97. The standard InChI is InChI=1S/C11H20N2O/c1-11(2)6-9(11)10(14)13-7-8-4-3-5-12-8/h8-9,12H,3-7H2,1-2H3,(H,13,14). The van der Waals surface area contributed by atoms with Gasteiger partial charge in [-0.15, -0.1) is 0 Å². The van der Waals surface area contributed by atoms with E-state index in [2.05, 4.69) is 24.5 Å². The molecule has 80 valence electrons. The molecule has 2 rings (SSSR count). The van der Waals surface area contributed by atoms with Crippen LogP contribution >= 0.6 is 0 Å². The summed E-state index contributed by atoms with van der Waals surface area (Å²) in [7, 11) is 0. The van der Waals surface area contributed by atoms with Gasteiger partial charge in [-0.2, -0.15) is 0 Å². The van der Waals surface area contributed by atoms with E-state index in [-0.39, 0.29) is 17.2 Å². The fourth-order valence-corrected chi connectivity index (χ4v) is 2.19. The van der Waals surface area contributed by atoms with Gasteiger partial charge in [0, 0.05) is 18.5 Å². The van der Waals surface area contributed by atoms with Crippen molar-refractivity contribution < 1.29 is 4.79 Å². The Kier molecular flexibility index (Phi) is 2.52. The van der Waals surface area contributed by atoms with E-state index in [0.717, 1.165) is 19.5 Å². The molecule has 1 saturated carbocycles. The molecule has 0 bridgehead atoms. The Hall–Kier alpha value is -0.570. The van der Waals surface area contributed by atoms with E-state index in [9.17, 15) is 4.79 Å². The molecule has 3 nitrogen and oxygen atoms in total. The fraction of sp³-hybridized carbons (Fsp3) is 0.909. The monoisotopic (exact) mass is 196 g/mol. The smallest absolute Gasteiger partial charge is 0.223 e. The number of amides is 1. The van der Waals surface area contributed by atoms with Crippen molar-refractivity contribution in [1.29, 1.82) is 0 Å². The topological polar surface area (TPSA) is 41.1 Å². The summed E-state index contributed by atoms with van der Waals surface area (Å²) in [5, 5.41) is 6.42. The van der Waals surface area contributed by atoms with Crippen LogP contribution in [-0.2, 0) is 4.79 Å². The minimum absolute atomic E-state index is 0.253. The molecule has 1 aliphatic carbocycles. The quantitative estimate of drug-likeness (QED) is 0.704. The Morgan fingerprint density at radius 2 is 2.29 bits per heavy atom. The van der Waals surface area contributed by atoms with Gasteiger partial charge in [-0.05, 0) is 31.2 Å². The minimum Gasteiger partial charge on any atom is -0.354 e. The molecule has 0 aromatic rings. The first-order valence-electron chi connectivity index (χ1n) is 5.61. The first-order valence-corrected chi connectivity index (χ1v) is 5.61. The number of carbonyl (C=O) groups is 1. The highest BCUT2D eigenvalue weighted by Gasteiger charge is 2.50. The summed E-state index contributed by atoms with van der Waals surface area (Å²) in [6.45, 7) is 6.23. The highest BCUT2D eigenvalue weighted by molar-refractivity contribution is 5.82. The molecule has 0 aromatic heterocycles. The van der Waals surface area contributed by atoms with E-state index in [1.54, 1.807) is 0 Å². The van der Waals surface area contributed by atoms with Crippen molar-refractivity contribution in [3.63, 3.8) is 0 Å². The molecule has 2 atom stereocenters. The lowest BCUT2D eigenvalue weighted by Crippen LogP contribution is -2.38. The minimum atomic E-state index is 0.253. The lowest BCUT2D eigenvalue weighted by molar-refractivity contribution is -0.123. The molecule has 1 aliphatic heterocycles. The number of carbonyl (C=O) groups excluding carboxylic acids is 1. The third-order valence-corrected chi connectivity index (χ3v) is 3.51. The highest BCUT2D eigenvalue weighted by Crippen LogP contribution is 2.51. The van der Waals surface area contributed by atoms with Crippen LogP contribution in [0.3, 0.4) is 0 Å². The van der Waals surface area contributed by atoms with Crippen molar-refractivity contribution in [2.24, 2.45) is 11.3 Å². The lowest BCUT2D eigenvalue weighted by Gasteiger charge is -2.11.